The Labute approximate surface area is 130 Å². The molecule has 1 aromatic heterocycles. The predicted octanol–water partition coefficient (Wildman–Crippen LogP) is 5.10. The minimum absolute atomic E-state index is 0.220. The Morgan fingerprint density at radius 2 is 2.24 bits per heavy atom. The molecule has 0 spiro atoms. The zero-order valence-electron chi connectivity index (χ0n) is 11.8. The molecule has 0 aliphatic carbocycles. The van der Waals surface area contributed by atoms with Crippen LogP contribution >= 0.6 is 23.1 Å². The monoisotopic (exact) mass is 338 g/mol. The van der Waals surface area contributed by atoms with E-state index in [-0.39, 0.29) is 12.2 Å². The second kappa shape index (κ2) is 9.83. The molecule has 8 heteroatoms. The summed E-state index contributed by atoms with van der Waals surface area (Å²) in [6.45, 7) is 4.77. The highest BCUT2D eigenvalue weighted by atomic mass is 32.2. The van der Waals surface area contributed by atoms with Crippen LogP contribution < -0.4 is 0 Å². The Morgan fingerprint density at radius 3 is 2.90 bits per heavy atom. The third kappa shape index (κ3) is 8.11. The van der Waals surface area contributed by atoms with Crippen molar-refractivity contribution in [1.29, 1.82) is 0 Å². The van der Waals surface area contributed by atoms with E-state index in [1.807, 2.05) is 0 Å². The summed E-state index contributed by atoms with van der Waals surface area (Å²) in [5.41, 5.74) is 0. The predicted molar refractivity (Wildman–Crippen MR) is 80.8 cm³/mol. The zero-order valence-corrected chi connectivity index (χ0v) is 13.4. The summed E-state index contributed by atoms with van der Waals surface area (Å²) in [4.78, 5) is 9.99. The summed E-state index contributed by atoms with van der Waals surface area (Å²) in [5, 5.41) is 3.83. The van der Waals surface area contributed by atoms with Gasteiger partial charge in [0.25, 0.3) is 0 Å². The molecule has 0 aromatic carbocycles. The van der Waals surface area contributed by atoms with E-state index in [1.54, 1.807) is 12.4 Å². The summed E-state index contributed by atoms with van der Waals surface area (Å²) in [5.74, 6) is -0.576. The summed E-state index contributed by atoms with van der Waals surface area (Å²) in [7, 11) is 0. The van der Waals surface area contributed by atoms with Gasteiger partial charge in [-0.2, -0.15) is 8.78 Å². The van der Waals surface area contributed by atoms with Crippen LogP contribution in [0.3, 0.4) is 0 Å². The molecule has 0 fully saturated rings. The summed E-state index contributed by atoms with van der Waals surface area (Å²) < 4.78 is 37.0. The summed E-state index contributed by atoms with van der Waals surface area (Å²) in [6, 6.07) is 0. The highest BCUT2D eigenvalue weighted by molar-refractivity contribution is 8.01. The average Bonchev–Trinajstić information content (AvgIpc) is 2.85. The van der Waals surface area contributed by atoms with Crippen molar-refractivity contribution in [2.24, 2.45) is 11.1 Å². The first kappa shape index (κ1) is 18.0. The maximum atomic E-state index is 12.6. The molecule has 0 aliphatic rings. The molecular formula is C13H17F3N2OS2. The zero-order chi connectivity index (χ0) is 15.7. The first-order valence-corrected chi connectivity index (χ1v) is 8.23. The highest BCUT2D eigenvalue weighted by Gasteiger charge is 2.06. The summed E-state index contributed by atoms with van der Waals surface area (Å²) in [6.07, 6.45) is 1.56. The van der Waals surface area contributed by atoms with E-state index in [1.165, 1.54) is 23.1 Å². The first-order valence-electron chi connectivity index (χ1n) is 6.42. The minimum atomic E-state index is -2.25. The molecule has 0 N–H and O–H groups in total. The largest absolute Gasteiger partial charge is 0.396 e. The Bertz CT molecular complexity index is 486. The van der Waals surface area contributed by atoms with E-state index in [0.29, 0.717) is 16.9 Å². The Kier molecular flexibility index (Phi) is 8.44. The van der Waals surface area contributed by atoms with Gasteiger partial charge in [-0.15, -0.1) is 11.3 Å². The Morgan fingerprint density at radius 1 is 1.48 bits per heavy atom. The molecule has 1 heterocycles. The van der Waals surface area contributed by atoms with Gasteiger partial charge in [0.1, 0.15) is 10.9 Å². The van der Waals surface area contributed by atoms with Crippen LogP contribution in [0.4, 0.5) is 13.2 Å². The molecular weight excluding hydrogens is 321 g/mol. The summed E-state index contributed by atoms with van der Waals surface area (Å²) >= 11 is 2.59. The lowest BCUT2D eigenvalue weighted by Crippen LogP contribution is -1.94. The van der Waals surface area contributed by atoms with Gasteiger partial charge in [-0.25, -0.2) is 9.37 Å². The molecule has 0 amide bonds. The quantitative estimate of drug-likeness (QED) is 0.272. The van der Waals surface area contributed by atoms with E-state index >= 15 is 0 Å². The third-order valence-electron chi connectivity index (χ3n) is 2.30. The fourth-order valence-electron chi connectivity index (χ4n) is 1.15. The van der Waals surface area contributed by atoms with Gasteiger partial charge < -0.3 is 4.84 Å². The van der Waals surface area contributed by atoms with Gasteiger partial charge in [0.2, 0.25) is 0 Å². The molecule has 0 saturated heterocycles. The normalized spacial score (nSPS) is 11.3. The van der Waals surface area contributed by atoms with Gasteiger partial charge in [-0.1, -0.05) is 30.8 Å². The molecule has 3 nitrogen and oxygen atoms in total. The smallest absolute Gasteiger partial charge is 0.301 e. The average molecular weight is 338 g/mol. The van der Waals surface area contributed by atoms with Gasteiger partial charge in [0.05, 0.1) is 11.1 Å². The van der Waals surface area contributed by atoms with Gasteiger partial charge >= 0.3 is 6.08 Å². The van der Waals surface area contributed by atoms with Crippen molar-refractivity contribution in [3.8, 4) is 0 Å². The number of nitrogens with zero attached hydrogens (tertiary/aromatic N) is 2. The number of halogens is 3. The van der Waals surface area contributed by atoms with Crippen molar-refractivity contribution in [1.82, 2.24) is 4.98 Å². The molecule has 0 aliphatic heterocycles. The fraction of sp³-hybridized carbons (Fsp3) is 0.538. The molecule has 118 valence electrons. The van der Waals surface area contributed by atoms with Crippen molar-refractivity contribution in [2.45, 2.75) is 31.0 Å². The van der Waals surface area contributed by atoms with Crippen LogP contribution in [0.5, 0.6) is 0 Å². The van der Waals surface area contributed by atoms with Crippen LogP contribution in [0.25, 0.3) is 0 Å². The molecule has 0 unspecified atom stereocenters. The van der Waals surface area contributed by atoms with E-state index in [4.69, 9.17) is 4.84 Å². The maximum absolute atomic E-state index is 12.6. The van der Waals surface area contributed by atoms with Crippen molar-refractivity contribution in [3.63, 3.8) is 0 Å². The standard InChI is InChI=1S/C13H17F3N2OS2/c1-9(2)3-5-19-18-8-10-7-17-13(21-10)20-6-4-11(14)12(15)16/h7-9H,3-6H2,1-2H3/b18-8+. The second-order valence-electron chi connectivity index (χ2n) is 4.54. The number of thioether (sulfide) groups is 1. The van der Waals surface area contributed by atoms with Gasteiger partial charge in [-0.05, 0) is 12.3 Å². The molecule has 0 atom stereocenters. The lowest BCUT2D eigenvalue weighted by Gasteiger charge is -2.01. The highest BCUT2D eigenvalue weighted by Crippen LogP contribution is 2.26. The van der Waals surface area contributed by atoms with E-state index < -0.39 is 11.9 Å². The van der Waals surface area contributed by atoms with Crippen molar-refractivity contribution < 1.29 is 18.0 Å². The number of aromatic nitrogens is 1. The lowest BCUT2D eigenvalue weighted by molar-refractivity contribution is 0.134. The Balaban J connectivity index is 2.29. The second-order valence-corrected chi connectivity index (χ2v) is 6.95. The minimum Gasteiger partial charge on any atom is -0.396 e. The molecule has 1 rings (SSSR count). The lowest BCUT2D eigenvalue weighted by atomic mass is 10.1. The van der Waals surface area contributed by atoms with Gasteiger partial charge in [0.15, 0.2) is 5.83 Å². The van der Waals surface area contributed by atoms with Gasteiger partial charge in [0, 0.05) is 18.4 Å². The van der Waals surface area contributed by atoms with Crippen LogP contribution in [0.1, 0.15) is 31.6 Å². The molecule has 1 aromatic rings. The number of hydrogen-bond acceptors (Lipinski definition) is 5. The topological polar surface area (TPSA) is 34.5 Å². The van der Waals surface area contributed by atoms with Crippen LogP contribution in [0.2, 0.25) is 0 Å². The van der Waals surface area contributed by atoms with Crippen LogP contribution in [-0.4, -0.2) is 23.6 Å². The van der Waals surface area contributed by atoms with E-state index in [0.717, 1.165) is 11.3 Å². The molecule has 21 heavy (non-hydrogen) atoms. The number of allylic oxidation sites excluding steroid dienone is 1. The van der Waals surface area contributed by atoms with Crippen LogP contribution in [0, 0.1) is 5.92 Å². The molecule has 0 bridgehead atoms. The van der Waals surface area contributed by atoms with Gasteiger partial charge in [-0.3, -0.25) is 0 Å². The molecule has 0 saturated carbocycles. The number of hydrogen-bond donors (Lipinski definition) is 0. The van der Waals surface area contributed by atoms with Crippen LogP contribution in [-0.2, 0) is 4.84 Å². The van der Waals surface area contributed by atoms with Crippen molar-refractivity contribution >= 4 is 29.3 Å². The van der Waals surface area contributed by atoms with Crippen molar-refractivity contribution in [2.75, 3.05) is 12.4 Å². The van der Waals surface area contributed by atoms with Crippen molar-refractivity contribution in [3.05, 3.63) is 23.0 Å². The van der Waals surface area contributed by atoms with Crippen LogP contribution in [0.15, 0.2) is 27.6 Å². The number of oxime groups is 1. The number of rotatable bonds is 9. The van der Waals surface area contributed by atoms with E-state index in [2.05, 4.69) is 24.0 Å². The third-order valence-corrected chi connectivity index (χ3v) is 4.39. The maximum Gasteiger partial charge on any atom is 0.301 e. The number of thiazole rings is 1. The first-order chi connectivity index (χ1) is 9.99. The SMILES string of the molecule is CC(C)CCO/N=C/c1cnc(SCCC(F)=C(F)F)s1. The molecule has 0 radical (unpaired) electrons. The fourth-order valence-corrected chi connectivity index (χ4v) is 3.01. The van der Waals surface area contributed by atoms with E-state index in [9.17, 15) is 13.2 Å². The Hall–Kier alpha value is -1.02.